The molecular weight excluding hydrogens is 214 g/mol. The zero-order valence-corrected chi connectivity index (χ0v) is 12.7. The van der Waals surface area contributed by atoms with Gasteiger partial charge in [0.05, 0.1) is 0 Å². The highest BCUT2D eigenvalue weighted by molar-refractivity contribution is 5.77. The molecule has 1 heterocycles. The van der Waals surface area contributed by atoms with E-state index < -0.39 is 0 Å². The Labute approximate surface area is 106 Å². The first-order valence-electron chi connectivity index (χ1n) is 6.11. The maximum absolute atomic E-state index is 12.4. The monoisotopic (exact) mass is 241 g/mol. The van der Waals surface area contributed by atoms with Crippen molar-refractivity contribution >= 4 is 6.03 Å². The second kappa shape index (κ2) is 3.61. The normalized spacial score (nSPS) is 32.2. The number of hydrogen-bond donors (Lipinski definition) is 0. The van der Waals surface area contributed by atoms with Crippen LogP contribution in [0.5, 0.6) is 0 Å². The van der Waals surface area contributed by atoms with E-state index in [1.165, 1.54) is 0 Å². The van der Waals surface area contributed by atoms with E-state index in [0.717, 1.165) is 0 Å². The van der Waals surface area contributed by atoms with Crippen molar-refractivity contribution in [3.05, 3.63) is 0 Å². The molecule has 0 spiro atoms. The molecule has 0 aromatic heterocycles. The molecule has 100 valence electrons. The second-order valence-electron chi connectivity index (χ2n) is 6.50. The molecule has 2 amide bonds. The van der Waals surface area contributed by atoms with Gasteiger partial charge < -0.3 is 9.80 Å². The van der Waals surface area contributed by atoms with Gasteiger partial charge in [-0.05, 0) is 34.9 Å². The van der Waals surface area contributed by atoms with Crippen molar-refractivity contribution in [3.63, 3.8) is 0 Å². The summed E-state index contributed by atoms with van der Waals surface area (Å²) >= 11 is 0. The van der Waals surface area contributed by atoms with Crippen LogP contribution in [0.1, 0.15) is 34.6 Å². The minimum absolute atomic E-state index is 0.0685. The first-order chi connectivity index (χ1) is 7.42. The quantitative estimate of drug-likeness (QED) is 0.702. The van der Waals surface area contributed by atoms with Crippen molar-refractivity contribution in [3.8, 4) is 0 Å². The van der Waals surface area contributed by atoms with Gasteiger partial charge in [-0.25, -0.2) is 4.79 Å². The zero-order valence-electron chi connectivity index (χ0n) is 12.7. The molecule has 0 saturated carbocycles. The summed E-state index contributed by atoms with van der Waals surface area (Å²) in [6, 6.07) is 0.0746. The van der Waals surface area contributed by atoms with E-state index in [2.05, 4.69) is 39.5 Å². The summed E-state index contributed by atoms with van der Waals surface area (Å²) in [4.78, 5) is 18.2. The highest BCUT2D eigenvalue weighted by Gasteiger charge is 2.61. The fraction of sp³-hybridized carbons (Fsp3) is 0.923. The van der Waals surface area contributed by atoms with E-state index in [1.807, 2.05) is 38.0 Å². The summed E-state index contributed by atoms with van der Waals surface area (Å²) in [7, 11) is 7.84. The lowest BCUT2D eigenvalue weighted by atomic mass is 9.63. The zero-order chi connectivity index (χ0) is 13.8. The molecule has 0 aromatic rings. The van der Waals surface area contributed by atoms with Crippen LogP contribution in [0.3, 0.4) is 0 Å². The Hall–Kier alpha value is -0.770. The first kappa shape index (κ1) is 14.3. The first-order valence-corrected chi connectivity index (χ1v) is 6.11. The van der Waals surface area contributed by atoms with Crippen LogP contribution in [0.15, 0.2) is 0 Å². The highest BCUT2D eigenvalue weighted by atomic mass is 16.2. The number of amides is 2. The van der Waals surface area contributed by atoms with Gasteiger partial charge in [0.1, 0.15) is 5.66 Å². The molecule has 1 atom stereocenters. The summed E-state index contributed by atoms with van der Waals surface area (Å²) in [5.41, 5.74) is -0.573. The predicted molar refractivity (Wildman–Crippen MR) is 70.9 cm³/mol. The molecule has 1 unspecified atom stereocenters. The van der Waals surface area contributed by atoms with E-state index in [0.29, 0.717) is 0 Å². The van der Waals surface area contributed by atoms with Crippen LogP contribution >= 0.6 is 0 Å². The Bertz CT molecular complexity index is 336. The fourth-order valence-corrected chi connectivity index (χ4v) is 2.93. The molecule has 1 saturated heterocycles. The van der Waals surface area contributed by atoms with Gasteiger partial charge >= 0.3 is 6.03 Å². The van der Waals surface area contributed by atoms with E-state index >= 15 is 0 Å². The van der Waals surface area contributed by atoms with Gasteiger partial charge in [-0.2, -0.15) is 0 Å². The SMILES string of the molecule is CN1C(=O)N(C)C(C)(N(C)C)C(C)(C)C1(C)C. The maximum atomic E-state index is 12.4. The van der Waals surface area contributed by atoms with Crippen molar-refractivity contribution in [2.75, 3.05) is 28.2 Å². The topological polar surface area (TPSA) is 26.8 Å². The van der Waals surface area contributed by atoms with Crippen molar-refractivity contribution < 1.29 is 4.79 Å². The molecule has 1 fully saturated rings. The highest BCUT2D eigenvalue weighted by Crippen LogP contribution is 2.50. The molecule has 1 aliphatic heterocycles. The van der Waals surface area contributed by atoms with E-state index in [9.17, 15) is 4.79 Å². The van der Waals surface area contributed by atoms with Crippen LogP contribution in [0, 0.1) is 5.41 Å². The Kier molecular flexibility index (Phi) is 3.03. The predicted octanol–water partition coefficient (Wildman–Crippen LogP) is 2.07. The van der Waals surface area contributed by atoms with E-state index in [4.69, 9.17) is 0 Å². The van der Waals surface area contributed by atoms with Crippen LogP contribution in [0.25, 0.3) is 0 Å². The van der Waals surface area contributed by atoms with Crippen molar-refractivity contribution in [2.45, 2.75) is 45.8 Å². The van der Waals surface area contributed by atoms with Crippen LogP contribution in [0.4, 0.5) is 4.79 Å². The average molecular weight is 241 g/mol. The Morgan fingerprint density at radius 2 is 1.35 bits per heavy atom. The molecule has 4 nitrogen and oxygen atoms in total. The summed E-state index contributed by atoms with van der Waals surface area (Å²) in [5, 5.41) is 0. The lowest BCUT2D eigenvalue weighted by molar-refractivity contribution is -0.161. The second-order valence-corrected chi connectivity index (χ2v) is 6.50. The third-order valence-corrected chi connectivity index (χ3v) is 5.65. The van der Waals surface area contributed by atoms with Crippen LogP contribution in [-0.2, 0) is 0 Å². The summed E-state index contributed by atoms with van der Waals surface area (Å²) < 4.78 is 0. The number of carbonyl (C=O) groups excluding carboxylic acids is 1. The van der Waals surface area contributed by atoms with E-state index in [-0.39, 0.29) is 22.6 Å². The number of nitrogens with zero attached hydrogens (tertiary/aromatic N) is 3. The van der Waals surface area contributed by atoms with Crippen molar-refractivity contribution in [1.29, 1.82) is 0 Å². The lowest BCUT2D eigenvalue weighted by Gasteiger charge is -2.66. The number of hydrogen-bond acceptors (Lipinski definition) is 2. The summed E-state index contributed by atoms with van der Waals surface area (Å²) in [5.74, 6) is 0. The van der Waals surface area contributed by atoms with Crippen LogP contribution in [0.2, 0.25) is 0 Å². The van der Waals surface area contributed by atoms with Gasteiger partial charge in [0.15, 0.2) is 0 Å². The van der Waals surface area contributed by atoms with Gasteiger partial charge in [0.2, 0.25) is 0 Å². The molecule has 0 aromatic carbocycles. The summed E-state index contributed by atoms with van der Waals surface area (Å²) in [6.07, 6.45) is 0. The molecule has 17 heavy (non-hydrogen) atoms. The van der Waals surface area contributed by atoms with Crippen molar-refractivity contribution in [1.82, 2.24) is 14.7 Å². The van der Waals surface area contributed by atoms with Gasteiger partial charge in [-0.3, -0.25) is 4.90 Å². The largest absolute Gasteiger partial charge is 0.322 e. The van der Waals surface area contributed by atoms with Gasteiger partial charge in [-0.15, -0.1) is 0 Å². The van der Waals surface area contributed by atoms with Gasteiger partial charge in [0.25, 0.3) is 0 Å². The van der Waals surface area contributed by atoms with E-state index in [1.54, 1.807) is 0 Å². The standard InChI is InChI=1S/C13H27N3O/c1-11(2)12(3,4)15(8)10(17)16(9)13(11,5)14(6)7/h1-9H3. The molecule has 0 bridgehead atoms. The van der Waals surface area contributed by atoms with Crippen LogP contribution in [-0.4, -0.2) is 60.1 Å². The Morgan fingerprint density at radius 1 is 0.941 bits per heavy atom. The molecule has 0 N–H and O–H groups in total. The fourth-order valence-electron chi connectivity index (χ4n) is 2.93. The summed E-state index contributed by atoms with van der Waals surface area (Å²) in [6.45, 7) is 10.9. The molecule has 1 aliphatic rings. The van der Waals surface area contributed by atoms with Crippen LogP contribution < -0.4 is 0 Å². The molecule has 1 rings (SSSR count). The third-order valence-electron chi connectivity index (χ3n) is 5.65. The van der Waals surface area contributed by atoms with Gasteiger partial charge in [-0.1, -0.05) is 13.8 Å². The minimum Gasteiger partial charge on any atom is -0.322 e. The number of urea groups is 1. The number of rotatable bonds is 1. The average Bonchev–Trinajstić information content (AvgIpc) is 2.22. The molecule has 0 aliphatic carbocycles. The maximum Gasteiger partial charge on any atom is 0.321 e. The Balaban J connectivity index is 3.45. The molecule has 4 heteroatoms. The third kappa shape index (κ3) is 1.43. The minimum atomic E-state index is -0.305. The molecular formula is C13H27N3O. The lowest BCUT2D eigenvalue weighted by Crippen LogP contribution is -2.78. The van der Waals surface area contributed by atoms with Gasteiger partial charge in [0, 0.05) is 25.0 Å². The Morgan fingerprint density at radius 3 is 1.71 bits per heavy atom. The number of carbonyl (C=O) groups is 1. The molecule has 0 radical (unpaired) electrons. The van der Waals surface area contributed by atoms with Crippen molar-refractivity contribution in [2.24, 2.45) is 5.41 Å². The smallest absolute Gasteiger partial charge is 0.321 e.